The Morgan fingerprint density at radius 3 is 2.93 bits per heavy atom. The number of halogens is 1. The van der Waals surface area contributed by atoms with E-state index in [-0.39, 0.29) is 5.82 Å². The molecule has 5 heteroatoms. The van der Waals surface area contributed by atoms with Gasteiger partial charge in [-0.25, -0.2) is 10.2 Å². The number of benzene rings is 1. The van der Waals surface area contributed by atoms with E-state index >= 15 is 0 Å². The number of nitrogens with two attached hydrogens (primary N) is 1. The van der Waals surface area contributed by atoms with Crippen molar-refractivity contribution < 1.29 is 9.18 Å². The Kier molecular flexibility index (Phi) is 2.17. The topological polar surface area (TPSA) is 70.9 Å². The highest BCUT2D eigenvalue weighted by atomic mass is 19.1. The van der Waals surface area contributed by atoms with Gasteiger partial charge in [0.25, 0.3) is 5.91 Å². The molecular formula is C10H10FN3O. The van der Waals surface area contributed by atoms with Crippen molar-refractivity contribution in [2.45, 2.75) is 6.92 Å². The van der Waals surface area contributed by atoms with Gasteiger partial charge in [-0.2, -0.15) is 0 Å². The lowest BCUT2D eigenvalue weighted by atomic mass is 10.1. The highest BCUT2D eigenvalue weighted by molar-refractivity contribution is 6.00. The molecule has 0 spiro atoms. The van der Waals surface area contributed by atoms with Crippen LogP contribution in [0, 0.1) is 12.7 Å². The van der Waals surface area contributed by atoms with Crippen LogP contribution in [0.1, 0.15) is 16.1 Å². The Labute approximate surface area is 85.2 Å². The van der Waals surface area contributed by atoms with Gasteiger partial charge >= 0.3 is 0 Å². The van der Waals surface area contributed by atoms with Crippen molar-refractivity contribution >= 4 is 16.8 Å². The minimum atomic E-state index is -0.413. The number of carbonyl (C=O) groups is 1. The van der Waals surface area contributed by atoms with Crippen LogP contribution in [0.3, 0.4) is 0 Å². The maximum absolute atomic E-state index is 13.0. The van der Waals surface area contributed by atoms with E-state index in [2.05, 4.69) is 4.98 Å². The summed E-state index contributed by atoms with van der Waals surface area (Å²) in [7, 11) is 0. The minimum Gasteiger partial charge on any atom is -0.350 e. The third kappa shape index (κ3) is 1.46. The van der Waals surface area contributed by atoms with Crippen LogP contribution in [0.25, 0.3) is 10.9 Å². The zero-order valence-corrected chi connectivity index (χ0v) is 8.10. The molecular weight excluding hydrogens is 197 g/mol. The number of nitrogens with one attached hydrogen (secondary N) is 2. The number of aromatic amines is 1. The lowest BCUT2D eigenvalue weighted by molar-refractivity contribution is 0.0949. The van der Waals surface area contributed by atoms with E-state index in [0.29, 0.717) is 22.2 Å². The molecule has 4 N–H and O–H groups in total. The molecule has 4 nitrogen and oxygen atoms in total. The summed E-state index contributed by atoms with van der Waals surface area (Å²) >= 11 is 0. The fourth-order valence-electron chi connectivity index (χ4n) is 1.60. The van der Waals surface area contributed by atoms with E-state index in [1.165, 1.54) is 12.1 Å². The van der Waals surface area contributed by atoms with Crippen LogP contribution < -0.4 is 11.3 Å². The number of nitrogen functional groups attached to an aromatic ring is 1. The third-order valence-electron chi connectivity index (χ3n) is 2.38. The molecule has 0 fully saturated rings. The molecule has 15 heavy (non-hydrogen) atoms. The first-order valence-electron chi connectivity index (χ1n) is 4.42. The highest BCUT2D eigenvalue weighted by Crippen LogP contribution is 2.22. The molecule has 1 heterocycles. The van der Waals surface area contributed by atoms with E-state index in [0.717, 1.165) is 0 Å². The molecule has 2 aromatic rings. The Morgan fingerprint density at radius 1 is 1.53 bits per heavy atom. The van der Waals surface area contributed by atoms with Crippen LogP contribution >= 0.6 is 0 Å². The predicted octanol–water partition coefficient (Wildman–Crippen LogP) is 1.22. The van der Waals surface area contributed by atoms with Crippen molar-refractivity contribution in [3.63, 3.8) is 0 Å². The zero-order chi connectivity index (χ0) is 11.0. The van der Waals surface area contributed by atoms with Gasteiger partial charge < -0.3 is 4.98 Å². The smallest absolute Gasteiger partial charge is 0.281 e. The van der Waals surface area contributed by atoms with Gasteiger partial charge in [-0.3, -0.25) is 10.2 Å². The van der Waals surface area contributed by atoms with Crippen LogP contribution in [-0.4, -0.2) is 10.9 Å². The SMILES string of the molecule is Cc1c(C(=O)NN)[nH]c2ccc(F)cc12. The number of fused-ring (bicyclic) bond motifs is 1. The number of amides is 1. The minimum absolute atomic E-state index is 0.329. The highest BCUT2D eigenvalue weighted by Gasteiger charge is 2.13. The Morgan fingerprint density at radius 2 is 2.27 bits per heavy atom. The summed E-state index contributed by atoms with van der Waals surface area (Å²) in [6.45, 7) is 1.74. The normalized spacial score (nSPS) is 10.6. The Bertz CT molecular complexity index is 533. The summed E-state index contributed by atoms with van der Waals surface area (Å²) in [5, 5.41) is 0.689. The van der Waals surface area contributed by atoms with Crippen LogP contribution in [-0.2, 0) is 0 Å². The van der Waals surface area contributed by atoms with Crippen molar-refractivity contribution in [1.29, 1.82) is 0 Å². The molecule has 0 saturated carbocycles. The summed E-state index contributed by atoms with van der Waals surface area (Å²) in [5.74, 6) is 4.29. The second-order valence-corrected chi connectivity index (χ2v) is 3.29. The van der Waals surface area contributed by atoms with Crippen molar-refractivity contribution in [2.75, 3.05) is 0 Å². The molecule has 1 aromatic heterocycles. The zero-order valence-electron chi connectivity index (χ0n) is 8.10. The number of hydrazine groups is 1. The van der Waals surface area contributed by atoms with Crippen LogP contribution in [0.15, 0.2) is 18.2 Å². The van der Waals surface area contributed by atoms with Gasteiger partial charge in [-0.15, -0.1) is 0 Å². The molecule has 0 unspecified atom stereocenters. The van der Waals surface area contributed by atoms with E-state index in [9.17, 15) is 9.18 Å². The quantitative estimate of drug-likeness (QED) is 0.374. The van der Waals surface area contributed by atoms with Gasteiger partial charge in [0.2, 0.25) is 0 Å². The van der Waals surface area contributed by atoms with Gasteiger partial charge in [0.15, 0.2) is 0 Å². The molecule has 1 amide bonds. The van der Waals surface area contributed by atoms with Crippen molar-refractivity contribution in [3.05, 3.63) is 35.3 Å². The van der Waals surface area contributed by atoms with E-state index < -0.39 is 5.91 Å². The molecule has 78 valence electrons. The molecule has 0 bridgehead atoms. The summed E-state index contributed by atoms with van der Waals surface area (Å²) < 4.78 is 13.0. The van der Waals surface area contributed by atoms with Crippen LogP contribution in [0.5, 0.6) is 0 Å². The van der Waals surface area contributed by atoms with Gasteiger partial charge in [0, 0.05) is 10.9 Å². The van der Waals surface area contributed by atoms with Crippen molar-refractivity contribution in [1.82, 2.24) is 10.4 Å². The molecule has 1 aromatic carbocycles. The fraction of sp³-hybridized carbons (Fsp3) is 0.100. The molecule has 0 aliphatic rings. The monoisotopic (exact) mass is 207 g/mol. The number of aromatic nitrogens is 1. The Hall–Kier alpha value is -1.88. The molecule has 0 atom stereocenters. The van der Waals surface area contributed by atoms with Gasteiger partial charge in [0.1, 0.15) is 11.5 Å². The maximum Gasteiger partial charge on any atom is 0.281 e. The second-order valence-electron chi connectivity index (χ2n) is 3.29. The number of carbonyl (C=O) groups excluding carboxylic acids is 1. The van der Waals surface area contributed by atoms with Gasteiger partial charge in [0.05, 0.1) is 0 Å². The largest absolute Gasteiger partial charge is 0.350 e. The number of hydrogen-bond donors (Lipinski definition) is 3. The van der Waals surface area contributed by atoms with E-state index in [4.69, 9.17) is 5.84 Å². The Balaban J connectivity index is 2.69. The van der Waals surface area contributed by atoms with Crippen molar-refractivity contribution in [3.8, 4) is 0 Å². The third-order valence-corrected chi connectivity index (χ3v) is 2.38. The second kappa shape index (κ2) is 3.36. The summed E-state index contributed by atoms with van der Waals surface area (Å²) in [6.07, 6.45) is 0. The number of rotatable bonds is 1. The standard InChI is InChI=1S/C10H10FN3O/c1-5-7-4-6(11)2-3-8(7)13-9(5)10(15)14-12/h2-4,13H,12H2,1H3,(H,14,15). The number of hydrogen-bond acceptors (Lipinski definition) is 2. The lowest BCUT2D eigenvalue weighted by Crippen LogP contribution is -2.30. The number of H-pyrrole nitrogens is 1. The molecule has 0 aliphatic heterocycles. The predicted molar refractivity (Wildman–Crippen MR) is 54.6 cm³/mol. The van der Waals surface area contributed by atoms with E-state index in [1.807, 2.05) is 5.43 Å². The van der Waals surface area contributed by atoms with Gasteiger partial charge in [-0.05, 0) is 30.7 Å². The maximum atomic E-state index is 13.0. The molecule has 0 saturated heterocycles. The number of aryl methyl sites for hydroxylation is 1. The van der Waals surface area contributed by atoms with E-state index in [1.54, 1.807) is 13.0 Å². The molecule has 0 radical (unpaired) electrons. The first kappa shape index (κ1) is 9.67. The van der Waals surface area contributed by atoms with Crippen LogP contribution in [0.2, 0.25) is 0 Å². The first-order chi connectivity index (χ1) is 7.13. The van der Waals surface area contributed by atoms with Gasteiger partial charge in [-0.1, -0.05) is 0 Å². The first-order valence-corrected chi connectivity index (χ1v) is 4.42. The molecule has 0 aliphatic carbocycles. The fourth-order valence-corrected chi connectivity index (χ4v) is 1.60. The average molecular weight is 207 g/mol. The summed E-state index contributed by atoms with van der Waals surface area (Å²) in [5.41, 5.74) is 3.80. The van der Waals surface area contributed by atoms with Crippen molar-refractivity contribution in [2.24, 2.45) is 5.84 Å². The average Bonchev–Trinajstić information content (AvgIpc) is 2.55. The summed E-state index contributed by atoms with van der Waals surface area (Å²) in [4.78, 5) is 14.2. The molecule has 2 rings (SSSR count). The summed E-state index contributed by atoms with van der Waals surface area (Å²) in [6, 6.07) is 4.31. The van der Waals surface area contributed by atoms with Crippen LogP contribution in [0.4, 0.5) is 4.39 Å². The lowest BCUT2D eigenvalue weighted by Gasteiger charge is -1.96.